The van der Waals surface area contributed by atoms with Crippen LogP contribution in [0.2, 0.25) is 0 Å². The molecular formula is C13H22N2O3S. The molecule has 0 spiro atoms. The molecule has 1 aromatic heterocycles. The lowest BCUT2D eigenvalue weighted by atomic mass is 10.1. The number of aryl methyl sites for hydroxylation is 1. The van der Waals surface area contributed by atoms with Crippen molar-refractivity contribution in [1.29, 1.82) is 0 Å². The van der Waals surface area contributed by atoms with E-state index >= 15 is 0 Å². The molecule has 5 nitrogen and oxygen atoms in total. The van der Waals surface area contributed by atoms with E-state index in [0.29, 0.717) is 13.0 Å². The molecule has 19 heavy (non-hydrogen) atoms. The van der Waals surface area contributed by atoms with E-state index in [1.165, 1.54) is 0 Å². The van der Waals surface area contributed by atoms with Gasteiger partial charge in [-0.15, -0.1) is 0 Å². The number of rotatable bonds is 6. The number of hydrogen-bond donors (Lipinski definition) is 0. The summed E-state index contributed by atoms with van der Waals surface area (Å²) in [5, 5.41) is 4.06. The Labute approximate surface area is 115 Å². The largest absolute Gasteiger partial charge is 0.361 e. The van der Waals surface area contributed by atoms with E-state index in [2.05, 4.69) is 12.1 Å². The topological polar surface area (TPSA) is 63.4 Å². The van der Waals surface area contributed by atoms with Gasteiger partial charge in [-0.1, -0.05) is 19.0 Å². The predicted molar refractivity (Wildman–Crippen MR) is 73.3 cm³/mol. The second-order valence-corrected chi connectivity index (χ2v) is 7.09. The standard InChI is InChI=1S/C13H22N2O3S/c1-3-6-11-10-12(14-18-11)13-7-5-8-15(13)19(16,17)9-4-2/h10,13H,3-9H2,1-2H3. The molecule has 6 heteroatoms. The molecule has 0 amide bonds. The molecule has 2 heterocycles. The highest BCUT2D eigenvalue weighted by molar-refractivity contribution is 7.89. The minimum absolute atomic E-state index is 0.133. The third-order valence-electron chi connectivity index (χ3n) is 3.44. The van der Waals surface area contributed by atoms with Crippen molar-refractivity contribution in [1.82, 2.24) is 9.46 Å². The van der Waals surface area contributed by atoms with Gasteiger partial charge in [-0.3, -0.25) is 0 Å². The summed E-state index contributed by atoms with van der Waals surface area (Å²) < 4.78 is 31.3. The fraction of sp³-hybridized carbons (Fsp3) is 0.769. The molecule has 0 N–H and O–H groups in total. The van der Waals surface area contributed by atoms with Crippen LogP contribution in [0.5, 0.6) is 0 Å². The highest BCUT2D eigenvalue weighted by Gasteiger charge is 2.36. The summed E-state index contributed by atoms with van der Waals surface area (Å²) in [6, 6.07) is 1.78. The SMILES string of the molecule is CCCc1cc(C2CCCN2S(=O)(=O)CCC)no1. The molecule has 0 saturated carbocycles. The van der Waals surface area contributed by atoms with Gasteiger partial charge in [0.2, 0.25) is 10.0 Å². The summed E-state index contributed by atoms with van der Waals surface area (Å²) in [6.45, 7) is 4.57. The lowest BCUT2D eigenvalue weighted by Gasteiger charge is -2.21. The Bertz CT molecular complexity index is 510. The van der Waals surface area contributed by atoms with Crippen LogP contribution in [-0.2, 0) is 16.4 Å². The van der Waals surface area contributed by atoms with Gasteiger partial charge in [-0.25, -0.2) is 8.42 Å². The highest BCUT2D eigenvalue weighted by Crippen LogP contribution is 2.34. The van der Waals surface area contributed by atoms with E-state index in [0.717, 1.165) is 37.1 Å². The quantitative estimate of drug-likeness (QED) is 0.806. The number of nitrogens with zero attached hydrogens (tertiary/aromatic N) is 2. The van der Waals surface area contributed by atoms with Crippen molar-refractivity contribution < 1.29 is 12.9 Å². The first-order valence-corrected chi connectivity index (χ1v) is 8.64. The van der Waals surface area contributed by atoms with E-state index in [-0.39, 0.29) is 11.8 Å². The average molecular weight is 286 g/mol. The van der Waals surface area contributed by atoms with Crippen molar-refractivity contribution in [3.8, 4) is 0 Å². The minimum atomic E-state index is -3.16. The number of aromatic nitrogens is 1. The van der Waals surface area contributed by atoms with Crippen molar-refractivity contribution in [3.63, 3.8) is 0 Å². The first-order chi connectivity index (χ1) is 9.08. The summed E-state index contributed by atoms with van der Waals surface area (Å²) in [6.07, 6.45) is 4.22. The van der Waals surface area contributed by atoms with Gasteiger partial charge in [0, 0.05) is 19.0 Å². The maximum absolute atomic E-state index is 12.2. The van der Waals surface area contributed by atoms with Crippen LogP contribution < -0.4 is 0 Å². The van der Waals surface area contributed by atoms with Crippen LogP contribution in [0.3, 0.4) is 0 Å². The molecule has 1 aromatic rings. The zero-order valence-electron chi connectivity index (χ0n) is 11.6. The van der Waals surface area contributed by atoms with Crippen LogP contribution in [0.15, 0.2) is 10.6 Å². The predicted octanol–water partition coefficient (Wildman–Crippen LogP) is 2.50. The Kier molecular flexibility index (Phi) is 4.62. The molecule has 1 aliphatic heterocycles. The number of hydrogen-bond acceptors (Lipinski definition) is 4. The van der Waals surface area contributed by atoms with E-state index in [1.54, 1.807) is 4.31 Å². The molecule has 1 aliphatic rings. The maximum Gasteiger partial charge on any atom is 0.214 e. The van der Waals surface area contributed by atoms with Crippen LogP contribution in [0, 0.1) is 0 Å². The van der Waals surface area contributed by atoms with Gasteiger partial charge >= 0.3 is 0 Å². The van der Waals surface area contributed by atoms with Gasteiger partial charge in [-0.2, -0.15) is 4.31 Å². The Balaban J connectivity index is 2.18. The molecule has 0 aromatic carbocycles. The maximum atomic E-state index is 12.2. The smallest absolute Gasteiger partial charge is 0.214 e. The van der Waals surface area contributed by atoms with Gasteiger partial charge < -0.3 is 4.52 Å². The Hall–Kier alpha value is -0.880. The minimum Gasteiger partial charge on any atom is -0.361 e. The first-order valence-electron chi connectivity index (χ1n) is 7.03. The van der Waals surface area contributed by atoms with Crippen molar-refractivity contribution in [2.24, 2.45) is 0 Å². The van der Waals surface area contributed by atoms with E-state index in [1.807, 2.05) is 13.0 Å². The molecule has 0 bridgehead atoms. The summed E-state index contributed by atoms with van der Waals surface area (Å²) >= 11 is 0. The highest BCUT2D eigenvalue weighted by atomic mass is 32.2. The molecule has 1 fully saturated rings. The lowest BCUT2D eigenvalue weighted by molar-refractivity contribution is 0.343. The third kappa shape index (κ3) is 3.17. The van der Waals surface area contributed by atoms with E-state index < -0.39 is 10.0 Å². The Morgan fingerprint density at radius 3 is 2.89 bits per heavy atom. The zero-order valence-corrected chi connectivity index (χ0v) is 12.4. The van der Waals surface area contributed by atoms with Gasteiger partial charge in [0.1, 0.15) is 11.5 Å². The van der Waals surface area contributed by atoms with Crippen LogP contribution in [-0.4, -0.2) is 30.2 Å². The second kappa shape index (κ2) is 6.05. The summed E-state index contributed by atoms with van der Waals surface area (Å²) in [5.74, 6) is 1.06. The van der Waals surface area contributed by atoms with Gasteiger partial charge in [0.15, 0.2) is 0 Å². The number of sulfonamides is 1. The van der Waals surface area contributed by atoms with E-state index in [9.17, 15) is 8.42 Å². The van der Waals surface area contributed by atoms with Gasteiger partial charge in [-0.05, 0) is 25.7 Å². The van der Waals surface area contributed by atoms with Crippen LogP contribution in [0.1, 0.15) is 57.0 Å². The summed E-state index contributed by atoms with van der Waals surface area (Å²) in [7, 11) is -3.16. The average Bonchev–Trinajstić information content (AvgIpc) is 2.96. The molecule has 2 rings (SSSR count). The van der Waals surface area contributed by atoms with Crippen LogP contribution in [0.25, 0.3) is 0 Å². The fourth-order valence-corrected chi connectivity index (χ4v) is 4.35. The van der Waals surface area contributed by atoms with Crippen LogP contribution >= 0.6 is 0 Å². The molecule has 1 unspecified atom stereocenters. The fourth-order valence-electron chi connectivity index (χ4n) is 2.59. The van der Waals surface area contributed by atoms with Crippen molar-refractivity contribution in [3.05, 3.63) is 17.5 Å². The second-order valence-electron chi connectivity index (χ2n) is 5.05. The molecule has 0 radical (unpaired) electrons. The third-order valence-corrected chi connectivity index (χ3v) is 5.51. The van der Waals surface area contributed by atoms with Gasteiger partial charge in [0.25, 0.3) is 0 Å². The molecule has 1 atom stereocenters. The van der Waals surface area contributed by atoms with E-state index in [4.69, 9.17) is 4.52 Å². The van der Waals surface area contributed by atoms with Crippen molar-refractivity contribution in [2.75, 3.05) is 12.3 Å². The molecule has 1 saturated heterocycles. The monoisotopic (exact) mass is 286 g/mol. The first kappa shape index (κ1) is 14.5. The van der Waals surface area contributed by atoms with Crippen molar-refractivity contribution >= 4 is 10.0 Å². The molecule has 0 aliphatic carbocycles. The normalized spacial score (nSPS) is 21.1. The Morgan fingerprint density at radius 2 is 2.21 bits per heavy atom. The Morgan fingerprint density at radius 1 is 1.42 bits per heavy atom. The van der Waals surface area contributed by atoms with Gasteiger partial charge in [0.05, 0.1) is 11.8 Å². The van der Waals surface area contributed by atoms with Crippen molar-refractivity contribution in [2.45, 2.75) is 52.0 Å². The molecule has 108 valence electrons. The lowest BCUT2D eigenvalue weighted by Crippen LogP contribution is -2.32. The van der Waals surface area contributed by atoms with Crippen LogP contribution in [0.4, 0.5) is 0 Å². The molecular weight excluding hydrogens is 264 g/mol. The zero-order chi connectivity index (χ0) is 13.9. The summed E-state index contributed by atoms with van der Waals surface area (Å²) in [4.78, 5) is 0. The summed E-state index contributed by atoms with van der Waals surface area (Å²) in [5.41, 5.74) is 0.764.